The number of thioether (sulfide) groups is 1. The molecule has 4 aromatic rings. The Bertz CT molecular complexity index is 1350. The summed E-state index contributed by atoms with van der Waals surface area (Å²) in [6.45, 7) is 3.81. The minimum atomic E-state index is -0.477. The molecule has 0 saturated heterocycles. The summed E-state index contributed by atoms with van der Waals surface area (Å²) in [6.07, 6.45) is 0. The lowest BCUT2D eigenvalue weighted by molar-refractivity contribution is 0.249. The molecule has 0 spiro atoms. The van der Waals surface area contributed by atoms with Crippen LogP contribution in [0.25, 0.3) is 5.69 Å². The fourth-order valence-electron chi connectivity index (χ4n) is 3.54. The van der Waals surface area contributed by atoms with Crippen LogP contribution >= 0.6 is 23.4 Å². The van der Waals surface area contributed by atoms with E-state index in [0.717, 1.165) is 16.8 Å². The number of rotatable bonds is 8. The molecule has 4 rings (SSSR count). The third kappa shape index (κ3) is 6.16. The van der Waals surface area contributed by atoms with E-state index in [1.54, 1.807) is 43.5 Å². The van der Waals surface area contributed by atoms with Crippen LogP contribution < -0.4 is 15.4 Å². The maximum Gasteiger partial charge on any atom is 0.319 e. The zero-order chi connectivity index (χ0) is 25.7. The number of carbonyl (C=O) groups is 1. The lowest BCUT2D eigenvalue weighted by atomic mass is 10.2. The highest BCUT2D eigenvalue weighted by Gasteiger charge is 2.22. The van der Waals surface area contributed by atoms with Gasteiger partial charge in [-0.3, -0.25) is 4.57 Å². The van der Waals surface area contributed by atoms with Crippen LogP contribution in [0, 0.1) is 12.7 Å². The molecule has 2 N–H and O–H groups in total. The molecule has 0 aliphatic rings. The average molecular weight is 526 g/mol. The van der Waals surface area contributed by atoms with E-state index < -0.39 is 6.04 Å². The fourth-order valence-corrected chi connectivity index (χ4v) is 4.61. The van der Waals surface area contributed by atoms with Crippen LogP contribution in [0.15, 0.2) is 71.9 Å². The van der Waals surface area contributed by atoms with Crippen molar-refractivity contribution in [3.05, 3.63) is 94.5 Å². The summed E-state index contributed by atoms with van der Waals surface area (Å²) in [4.78, 5) is 12.7. The molecule has 36 heavy (non-hydrogen) atoms. The number of hydrogen-bond acceptors (Lipinski definition) is 5. The van der Waals surface area contributed by atoms with Crippen LogP contribution in [0.1, 0.15) is 29.9 Å². The quantitative estimate of drug-likeness (QED) is 0.255. The number of amides is 2. The number of halogens is 2. The summed E-state index contributed by atoms with van der Waals surface area (Å²) in [5.74, 6) is 1.53. The number of benzene rings is 3. The smallest absolute Gasteiger partial charge is 0.319 e. The van der Waals surface area contributed by atoms with Gasteiger partial charge in [0.1, 0.15) is 11.6 Å². The lowest BCUT2D eigenvalue weighted by Crippen LogP contribution is -2.32. The van der Waals surface area contributed by atoms with E-state index in [9.17, 15) is 9.18 Å². The van der Waals surface area contributed by atoms with Gasteiger partial charge in [0.05, 0.1) is 18.8 Å². The summed E-state index contributed by atoms with van der Waals surface area (Å²) >= 11 is 7.78. The van der Waals surface area contributed by atoms with E-state index in [1.807, 2.05) is 36.6 Å². The third-order valence-corrected chi connectivity index (χ3v) is 6.67. The highest BCUT2D eigenvalue weighted by atomic mass is 35.5. The normalized spacial score (nSPS) is 11.7. The number of carbonyl (C=O) groups excluding carboxylic acids is 1. The third-order valence-electron chi connectivity index (χ3n) is 5.43. The van der Waals surface area contributed by atoms with Gasteiger partial charge in [-0.05, 0) is 73.5 Å². The van der Waals surface area contributed by atoms with Crippen LogP contribution in [-0.4, -0.2) is 27.9 Å². The van der Waals surface area contributed by atoms with Crippen LogP contribution in [0.2, 0.25) is 5.02 Å². The molecule has 1 atom stereocenters. The Morgan fingerprint density at radius 2 is 1.83 bits per heavy atom. The van der Waals surface area contributed by atoms with Crippen molar-refractivity contribution in [2.45, 2.75) is 30.8 Å². The first-order valence-electron chi connectivity index (χ1n) is 11.1. The van der Waals surface area contributed by atoms with Crippen molar-refractivity contribution in [1.29, 1.82) is 0 Å². The summed E-state index contributed by atoms with van der Waals surface area (Å²) in [5.41, 5.74) is 3.36. The molecule has 0 aliphatic heterocycles. The van der Waals surface area contributed by atoms with E-state index in [-0.39, 0.29) is 11.8 Å². The standard InChI is InChI=1S/C26H25ClFN5O2S/c1-16-4-7-19(27)14-23(16)33-24(31-32-26(33)36-15-18-5-8-20(28)9-6-18)17(2)29-25(34)30-21-10-12-22(35-3)13-11-21/h4-14,17H,15H2,1-3H3,(H2,29,30,34). The Morgan fingerprint density at radius 1 is 1.11 bits per heavy atom. The molecule has 0 aliphatic carbocycles. The van der Waals surface area contributed by atoms with Gasteiger partial charge < -0.3 is 15.4 Å². The Kier molecular flexibility index (Phi) is 8.12. The molecule has 0 radical (unpaired) electrons. The van der Waals surface area contributed by atoms with Crippen LogP contribution in [0.4, 0.5) is 14.9 Å². The molecule has 0 fully saturated rings. The molecule has 1 heterocycles. The molecule has 1 unspecified atom stereocenters. The lowest BCUT2D eigenvalue weighted by Gasteiger charge is -2.18. The van der Waals surface area contributed by atoms with E-state index in [0.29, 0.717) is 33.2 Å². The molecule has 0 bridgehead atoms. The van der Waals surface area contributed by atoms with E-state index in [2.05, 4.69) is 20.8 Å². The molecule has 3 aromatic carbocycles. The number of aryl methyl sites for hydroxylation is 1. The number of methoxy groups -OCH3 is 1. The van der Waals surface area contributed by atoms with E-state index >= 15 is 0 Å². The fraction of sp³-hybridized carbons (Fsp3) is 0.192. The Labute approximate surface area is 218 Å². The first-order chi connectivity index (χ1) is 17.3. The summed E-state index contributed by atoms with van der Waals surface area (Å²) in [5, 5.41) is 15.7. The monoisotopic (exact) mass is 525 g/mol. The molecule has 2 amide bonds. The predicted octanol–water partition coefficient (Wildman–Crippen LogP) is 6.55. The molecule has 0 saturated carbocycles. The molecular weight excluding hydrogens is 501 g/mol. The SMILES string of the molecule is COc1ccc(NC(=O)NC(C)c2nnc(SCc3ccc(F)cc3)n2-c2cc(Cl)ccc2C)cc1. The zero-order valence-corrected chi connectivity index (χ0v) is 21.5. The Hall–Kier alpha value is -3.56. The van der Waals surface area contributed by atoms with E-state index in [4.69, 9.17) is 16.3 Å². The van der Waals surface area contributed by atoms with Gasteiger partial charge in [-0.1, -0.05) is 41.6 Å². The topological polar surface area (TPSA) is 81.1 Å². The number of urea groups is 1. The second-order valence-electron chi connectivity index (χ2n) is 8.07. The second-order valence-corrected chi connectivity index (χ2v) is 9.45. The zero-order valence-electron chi connectivity index (χ0n) is 20.0. The first-order valence-corrected chi connectivity index (χ1v) is 12.5. The van der Waals surface area contributed by atoms with Crippen LogP contribution in [0.5, 0.6) is 5.75 Å². The van der Waals surface area contributed by atoms with Crippen molar-refractivity contribution in [1.82, 2.24) is 20.1 Å². The highest BCUT2D eigenvalue weighted by molar-refractivity contribution is 7.98. The van der Waals surface area contributed by atoms with Crippen molar-refractivity contribution in [2.24, 2.45) is 0 Å². The molecule has 1 aromatic heterocycles. The highest BCUT2D eigenvalue weighted by Crippen LogP contribution is 2.30. The molecule has 186 valence electrons. The van der Waals surface area contributed by atoms with Gasteiger partial charge in [0.25, 0.3) is 0 Å². The first kappa shape index (κ1) is 25.5. The van der Waals surface area contributed by atoms with Crippen molar-refractivity contribution in [3.8, 4) is 11.4 Å². The average Bonchev–Trinajstić information content (AvgIpc) is 3.29. The number of nitrogens with one attached hydrogen (secondary N) is 2. The largest absolute Gasteiger partial charge is 0.497 e. The van der Waals surface area contributed by atoms with Crippen molar-refractivity contribution in [2.75, 3.05) is 12.4 Å². The van der Waals surface area contributed by atoms with Crippen molar-refractivity contribution >= 4 is 35.1 Å². The van der Waals surface area contributed by atoms with Gasteiger partial charge in [0.2, 0.25) is 0 Å². The van der Waals surface area contributed by atoms with Gasteiger partial charge in [-0.25, -0.2) is 9.18 Å². The van der Waals surface area contributed by atoms with Gasteiger partial charge in [0.15, 0.2) is 11.0 Å². The van der Waals surface area contributed by atoms with Gasteiger partial charge in [0, 0.05) is 16.5 Å². The maximum absolute atomic E-state index is 13.3. The van der Waals surface area contributed by atoms with Crippen LogP contribution in [-0.2, 0) is 5.75 Å². The minimum Gasteiger partial charge on any atom is -0.497 e. The number of nitrogens with zero attached hydrogens (tertiary/aromatic N) is 3. The number of anilines is 1. The predicted molar refractivity (Wildman–Crippen MR) is 141 cm³/mol. The molecular formula is C26H25ClFN5O2S. The Morgan fingerprint density at radius 3 is 2.53 bits per heavy atom. The number of hydrogen-bond donors (Lipinski definition) is 2. The molecule has 7 nitrogen and oxygen atoms in total. The number of aromatic nitrogens is 3. The van der Waals surface area contributed by atoms with Gasteiger partial charge >= 0.3 is 6.03 Å². The summed E-state index contributed by atoms with van der Waals surface area (Å²) < 4.78 is 20.3. The van der Waals surface area contributed by atoms with Gasteiger partial charge in [-0.15, -0.1) is 10.2 Å². The Balaban J connectivity index is 1.58. The number of ether oxygens (including phenoxy) is 1. The molecule has 10 heteroatoms. The van der Waals surface area contributed by atoms with Gasteiger partial charge in [-0.2, -0.15) is 0 Å². The second kappa shape index (κ2) is 11.5. The van der Waals surface area contributed by atoms with Crippen molar-refractivity contribution < 1.29 is 13.9 Å². The summed E-state index contributed by atoms with van der Waals surface area (Å²) in [6, 6.07) is 18.1. The maximum atomic E-state index is 13.3. The van der Waals surface area contributed by atoms with Crippen LogP contribution in [0.3, 0.4) is 0 Å². The van der Waals surface area contributed by atoms with Crippen molar-refractivity contribution in [3.63, 3.8) is 0 Å². The van der Waals surface area contributed by atoms with E-state index in [1.165, 1.54) is 23.9 Å². The summed E-state index contributed by atoms with van der Waals surface area (Å²) in [7, 11) is 1.58. The minimum absolute atomic E-state index is 0.281.